The number of nitrogens with one attached hydrogen (secondary N) is 2. The molecule has 0 aromatic rings. The molecule has 0 aliphatic heterocycles. The minimum Gasteiger partial charge on any atom is -0.381 e. The molecule has 1 atom stereocenters. The van der Waals surface area contributed by atoms with Gasteiger partial charge in [0, 0.05) is 32.7 Å². The Bertz CT molecular complexity index is 367. The smallest absolute Gasteiger partial charge is 0.295 e. The van der Waals surface area contributed by atoms with Crippen LogP contribution < -0.4 is 10.6 Å². The van der Waals surface area contributed by atoms with Crippen LogP contribution >= 0.6 is 0 Å². The van der Waals surface area contributed by atoms with Crippen LogP contribution in [0, 0.1) is 17.8 Å². The fraction of sp³-hybridized carbons (Fsp3) is 0.571. The molecule has 1 unspecified atom stereocenters. The quantitative estimate of drug-likeness (QED) is 0.520. The first-order chi connectivity index (χ1) is 9.10. The highest BCUT2D eigenvalue weighted by atomic mass is 16.5. The van der Waals surface area contributed by atoms with Gasteiger partial charge in [-0.1, -0.05) is 18.9 Å². The zero-order valence-electron chi connectivity index (χ0n) is 11.8. The van der Waals surface area contributed by atoms with Crippen molar-refractivity contribution < 1.29 is 14.3 Å². The number of hydrogen-bond donors (Lipinski definition) is 2. The van der Waals surface area contributed by atoms with E-state index in [4.69, 9.17) is 4.74 Å². The lowest BCUT2D eigenvalue weighted by molar-refractivity contribution is -0.117. The average molecular weight is 266 g/mol. The molecule has 5 nitrogen and oxygen atoms in total. The summed E-state index contributed by atoms with van der Waals surface area (Å²) >= 11 is 0. The van der Waals surface area contributed by atoms with Crippen molar-refractivity contribution in [2.24, 2.45) is 5.92 Å². The van der Waals surface area contributed by atoms with Crippen LogP contribution in [0.3, 0.4) is 0 Å². The first-order valence-electron chi connectivity index (χ1n) is 6.30. The third kappa shape index (κ3) is 11.0. The van der Waals surface area contributed by atoms with Crippen molar-refractivity contribution in [3.8, 4) is 11.8 Å². The number of carbonyl (C=O) groups is 2. The summed E-state index contributed by atoms with van der Waals surface area (Å²) in [5.74, 6) is 5.08. The molecule has 0 bridgehead atoms. The van der Waals surface area contributed by atoms with Crippen LogP contribution in [-0.4, -0.2) is 38.6 Å². The molecule has 0 aromatic heterocycles. The third-order valence-electron chi connectivity index (χ3n) is 2.15. The predicted octanol–water partition coefficient (Wildman–Crippen LogP) is 0.471. The second-order valence-corrected chi connectivity index (χ2v) is 4.07. The van der Waals surface area contributed by atoms with Crippen LogP contribution in [0.15, 0.2) is 12.2 Å². The Morgan fingerprint density at radius 2 is 2.11 bits per heavy atom. The van der Waals surface area contributed by atoms with Crippen molar-refractivity contribution >= 4 is 11.8 Å². The van der Waals surface area contributed by atoms with E-state index < -0.39 is 0 Å². The van der Waals surface area contributed by atoms with Crippen molar-refractivity contribution in [2.75, 3.05) is 26.8 Å². The fourth-order valence-electron chi connectivity index (χ4n) is 1.17. The standard InChI is InChI=1S/C14H22N2O3/c1-4-15-13(17)8-5-7-12(2)11-16-14(18)9-6-10-19-3/h6,9,12H,4,7,10-11H2,1-3H3,(H,15,17)(H,16,18)/b9-6+. The van der Waals surface area contributed by atoms with Crippen molar-refractivity contribution in [2.45, 2.75) is 20.3 Å². The van der Waals surface area contributed by atoms with Gasteiger partial charge in [-0.3, -0.25) is 9.59 Å². The van der Waals surface area contributed by atoms with Gasteiger partial charge >= 0.3 is 0 Å². The highest BCUT2D eigenvalue weighted by molar-refractivity contribution is 5.93. The zero-order chi connectivity index (χ0) is 14.5. The van der Waals surface area contributed by atoms with Crippen molar-refractivity contribution in [1.82, 2.24) is 10.6 Å². The Labute approximate surface area is 114 Å². The van der Waals surface area contributed by atoms with E-state index >= 15 is 0 Å². The maximum Gasteiger partial charge on any atom is 0.295 e. The molecule has 106 valence electrons. The third-order valence-corrected chi connectivity index (χ3v) is 2.15. The van der Waals surface area contributed by atoms with Gasteiger partial charge < -0.3 is 15.4 Å². The molecule has 0 radical (unpaired) electrons. The molecule has 2 amide bonds. The second-order valence-electron chi connectivity index (χ2n) is 4.07. The molecule has 19 heavy (non-hydrogen) atoms. The first-order valence-corrected chi connectivity index (χ1v) is 6.30. The van der Waals surface area contributed by atoms with Crippen molar-refractivity contribution in [1.29, 1.82) is 0 Å². The zero-order valence-corrected chi connectivity index (χ0v) is 11.8. The van der Waals surface area contributed by atoms with Crippen LogP contribution in [0.5, 0.6) is 0 Å². The van der Waals surface area contributed by atoms with E-state index in [1.54, 1.807) is 13.2 Å². The largest absolute Gasteiger partial charge is 0.381 e. The highest BCUT2D eigenvalue weighted by Crippen LogP contribution is 1.97. The molecular formula is C14H22N2O3. The maximum absolute atomic E-state index is 11.3. The van der Waals surface area contributed by atoms with Crippen LogP contribution in [0.1, 0.15) is 20.3 Å². The van der Waals surface area contributed by atoms with Gasteiger partial charge in [0.1, 0.15) is 0 Å². The van der Waals surface area contributed by atoms with Crippen molar-refractivity contribution in [3.05, 3.63) is 12.2 Å². The summed E-state index contributed by atoms with van der Waals surface area (Å²) in [4.78, 5) is 22.4. The van der Waals surface area contributed by atoms with Gasteiger partial charge in [-0.15, -0.1) is 0 Å². The minimum absolute atomic E-state index is 0.152. The number of methoxy groups -OCH3 is 1. The summed E-state index contributed by atoms with van der Waals surface area (Å²) in [5, 5.41) is 5.35. The molecule has 5 heteroatoms. The lowest BCUT2D eigenvalue weighted by Crippen LogP contribution is -2.26. The van der Waals surface area contributed by atoms with Gasteiger partial charge in [-0.05, 0) is 18.8 Å². The van der Waals surface area contributed by atoms with Gasteiger partial charge in [0.25, 0.3) is 5.91 Å². The SMILES string of the molecule is CCNC(=O)C#CCC(C)CNC(=O)/C=C/COC. The fourth-order valence-corrected chi connectivity index (χ4v) is 1.17. The second kappa shape index (κ2) is 11.3. The summed E-state index contributed by atoms with van der Waals surface area (Å²) in [5.41, 5.74) is 0. The Balaban J connectivity index is 3.83. The molecule has 0 heterocycles. The Morgan fingerprint density at radius 3 is 2.74 bits per heavy atom. The molecule has 0 aliphatic rings. The minimum atomic E-state index is -0.263. The molecule has 0 spiro atoms. The van der Waals surface area contributed by atoms with E-state index in [0.717, 1.165) is 0 Å². The van der Waals surface area contributed by atoms with Gasteiger partial charge in [-0.2, -0.15) is 0 Å². The normalized spacial score (nSPS) is 11.5. The molecule has 0 fully saturated rings. The molecule has 0 rings (SSSR count). The molecule has 0 saturated carbocycles. The summed E-state index contributed by atoms with van der Waals surface area (Å²) in [6, 6.07) is 0. The van der Waals surface area contributed by atoms with Crippen molar-refractivity contribution in [3.63, 3.8) is 0 Å². The highest BCUT2D eigenvalue weighted by Gasteiger charge is 2.01. The maximum atomic E-state index is 11.3. The van der Waals surface area contributed by atoms with Gasteiger partial charge in [-0.25, -0.2) is 0 Å². The summed E-state index contributed by atoms with van der Waals surface area (Å²) in [6.45, 7) is 5.33. The lowest BCUT2D eigenvalue weighted by Gasteiger charge is -2.07. The van der Waals surface area contributed by atoms with Crippen LogP contribution in [0.2, 0.25) is 0 Å². The van der Waals surface area contributed by atoms with E-state index in [1.807, 2.05) is 13.8 Å². The molecule has 0 aromatic carbocycles. The van der Waals surface area contributed by atoms with Crippen LogP contribution in [0.4, 0.5) is 0 Å². The lowest BCUT2D eigenvalue weighted by atomic mass is 10.1. The average Bonchev–Trinajstić information content (AvgIpc) is 2.37. The number of carbonyl (C=O) groups excluding carboxylic acids is 2. The summed E-state index contributed by atoms with van der Waals surface area (Å²) in [7, 11) is 1.57. The number of ether oxygens (including phenoxy) is 1. The number of amides is 2. The molecule has 0 saturated heterocycles. The van der Waals surface area contributed by atoms with Gasteiger partial charge in [0.2, 0.25) is 5.91 Å². The number of rotatable bonds is 7. The van der Waals surface area contributed by atoms with E-state index in [9.17, 15) is 9.59 Å². The van der Waals surface area contributed by atoms with E-state index in [-0.39, 0.29) is 17.7 Å². The monoisotopic (exact) mass is 266 g/mol. The molecule has 2 N–H and O–H groups in total. The topological polar surface area (TPSA) is 67.4 Å². The predicted molar refractivity (Wildman–Crippen MR) is 74.3 cm³/mol. The summed E-state index contributed by atoms with van der Waals surface area (Å²) in [6.07, 6.45) is 3.66. The molecule has 0 aliphatic carbocycles. The summed E-state index contributed by atoms with van der Waals surface area (Å²) < 4.78 is 4.79. The number of hydrogen-bond acceptors (Lipinski definition) is 3. The first kappa shape index (κ1) is 17.2. The van der Waals surface area contributed by atoms with Gasteiger partial charge in [0.15, 0.2) is 0 Å². The van der Waals surface area contributed by atoms with Crippen LogP contribution in [-0.2, 0) is 14.3 Å². The van der Waals surface area contributed by atoms with Crippen LogP contribution in [0.25, 0.3) is 0 Å². The Morgan fingerprint density at radius 1 is 1.37 bits per heavy atom. The Kier molecular flexibility index (Phi) is 10.2. The molecular weight excluding hydrogens is 244 g/mol. The van der Waals surface area contributed by atoms with E-state index in [0.29, 0.717) is 26.1 Å². The van der Waals surface area contributed by atoms with Gasteiger partial charge in [0.05, 0.1) is 6.61 Å². The van der Waals surface area contributed by atoms with E-state index in [2.05, 4.69) is 22.5 Å². The van der Waals surface area contributed by atoms with E-state index in [1.165, 1.54) is 6.08 Å². The Hall–Kier alpha value is -1.80.